The fraction of sp³-hybridized carbons (Fsp3) is 0.368. The van der Waals surface area contributed by atoms with E-state index in [1.54, 1.807) is 0 Å². The molecule has 0 aromatic heterocycles. The lowest BCUT2D eigenvalue weighted by atomic mass is 9.99. The number of rotatable bonds is 6. The van der Waals surface area contributed by atoms with Crippen molar-refractivity contribution in [3.63, 3.8) is 0 Å². The van der Waals surface area contributed by atoms with Crippen LogP contribution < -0.4 is 0 Å². The molecule has 0 bridgehead atoms. The van der Waals surface area contributed by atoms with Gasteiger partial charge in [0, 0.05) is 0 Å². The summed E-state index contributed by atoms with van der Waals surface area (Å²) in [6.07, 6.45) is -3.23. The van der Waals surface area contributed by atoms with Crippen molar-refractivity contribution in [3.05, 3.63) is 59.7 Å². The van der Waals surface area contributed by atoms with Crippen LogP contribution in [0.3, 0.4) is 0 Å². The van der Waals surface area contributed by atoms with Gasteiger partial charge < -0.3 is 0 Å². The maximum Gasteiger partial charge on any atom is 0.423 e. The number of unbranched alkanes of at least 4 members (excludes halogenated alkanes) is 2. The lowest BCUT2D eigenvalue weighted by molar-refractivity contribution is -0.182. The van der Waals surface area contributed by atoms with Gasteiger partial charge in [0.05, 0.1) is 0 Å². The first-order valence-corrected chi connectivity index (χ1v) is 7.82. The first-order valence-electron chi connectivity index (χ1n) is 7.82. The van der Waals surface area contributed by atoms with Crippen LogP contribution in [0.25, 0.3) is 11.1 Å². The fourth-order valence-electron chi connectivity index (χ4n) is 2.48. The topological polar surface area (TPSA) is 0 Å². The molecule has 0 aliphatic rings. The van der Waals surface area contributed by atoms with Crippen LogP contribution in [0.15, 0.2) is 48.5 Å². The van der Waals surface area contributed by atoms with E-state index in [2.05, 4.69) is 6.92 Å². The second-order valence-corrected chi connectivity index (χ2v) is 5.68. The third kappa shape index (κ3) is 4.81. The molecule has 0 amide bonds. The van der Waals surface area contributed by atoms with Gasteiger partial charge in [-0.15, -0.1) is 0 Å². The highest BCUT2D eigenvalue weighted by Gasteiger charge is 2.41. The second kappa shape index (κ2) is 7.62. The predicted molar refractivity (Wildman–Crippen MR) is 85.0 cm³/mol. The number of hydrogen-bond acceptors (Lipinski definition) is 0. The Bertz CT molecular complexity index is 597. The summed E-state index contributed by atoms with van der Waals surface area (Å²) in [4.78, 5) is 0. The van der Waals surface area contributed by atoms with Crippen LogP contribution >= 0.6 is 0 Å². The van der Waals surface area contributed by atoms with Crippen molar-refractivity contribution in [1.82, 2.24) is 0 Å². The van der Waals surface area contributed by atoms with Crippen molar-refractivity contribution in [1.29, 1.82) is 0 Å². The van der Waals surface area contributed by atoms with E-state index in [-0.39, 0.29) is 5.56 Å². The van der Waals surface area contributed by atoms with E-state index >= 15 is 0 Å². The van der Waals surface area contributed by atoms with Crippen LogP contribution in [-0.4, -0.2) is 6.18 Å². The number of benzene rings is 2. The number of halogens is 4. The lowest BCUT2D eigenvalue weighted by Gasteiger charge is -2.13. The number of hydrogen-bond donors (Lipinski definition) is 0. The zero-order chi connectivity index (χ0) is 16.9. The molecule has 0 aliphatic heterocycles. The van der Waals surface area contributed by atoms with Crippen LogP contribution in [-0.2, 0) is 6.42 Å². The molecule has 2 rings (SSSR count). The lowest BCUT2D eigenvalue weighted by Crippen LogP contribution is -2.16. The molecule has 2 aromatic rings. The molecule has 0 heterocycles. The summed E-state index contributed by atoms with van der Waals surface area (Å²) in [6.45, 7) is 2.16. The summed E-state index contributed by atoms with van der Waals surface area (Å²) < 4.78 is 50.3. The Morgan fingerprint density at radius 1 is 0.826 bits per heavy atom. The molecule has 124 valence electrons. The first kappa shape index (κ1) is 17.5. The van der Waals surface area contributed by atoms with Gasteiger partial charge in [-0.05, 0) is 35.1 Å². The summed E-state index contributed by atoms with van der Waals surface area (Å²) in [6, 6.07) is 13.4. The molecule has 0 nitrogen and oxygen atoms in total. The second-order valence-electron chi connectivity index (χ2n) is 5.68. The third-order valence-corrected chi connectivity index (χ3v) is 3.85. The van der Waals surface area contributed by atoms with Gasteiger partial charge in [0.15, 0.2) is 0 Å². The molecule has 0 spiro atoms. The molecule has 1 unspecified atom stereocenters. The standard InChI is InChI=1S/C19H20F4/c1-2-3-4-5-14-6-8-15(9-7-14)16-10-12-17(13-11-16)18(20)19(21,22)23/h6-13,18H,2-5H2,1H3. The van der Waals surface area contributed by atoms with E-state index in [4.69, 9.17) is 0 Å². The average Bonchev–Trinajstić information content (AvgIpc) is 2.54. The minimum atomic E-state index is -4.86. The molecule has 2 aromatic carbocycles. The van der Waals surface area contributed by atoms with Crippen molar-refractivity contribution in [2.75, 3.05) is 0 Å². The van der Waals surface area contributed by atoms with E-state index in [1.807, 2.05) is 24.3 Å². The summed E-state index contributed by atoms with van der Waals surface area (Å²) in [5, 5.41) is 0. The van der Waals surface area contributed by atoms with E-state index in [0.29, 0.717) is 0 Å². The molecule has 0 saturated heterocycles. The van der Waals surface area contributed by atoms with E-state index in [0.717, 1.165) is 24.0 Å². The van der Waals surface area contributed by atoms with E-state index in [1.165, 1.54) is 42.7 Å². The van der Waals surface area contributed by atoms with Crippen molar-refractivity contribution < 1.29 is 17.6 Å². The Kier molecular flexibility index (Phi) is 5.80. The largest absolute Gasteiger partial charge is 0.423 e. The molecule has 0 saturated carbocycles. The normalized spacial score (nSPS) is 13.1. The molecule has 0 radical (unpaired) electrons. The highest BCUT2D eigenvalue weighted by Crippen LogP contribution is 2.36. The average molecular weight is 324 g/mol. The van der Waals surface area contributed by atoms with Crippen LogP contribution in [0.4, 0.5) is 17.6 Å². The maximum absolute atomic E-state index is 13.3. The van der Waals surface area contributed by atoms with Gasteiger partial charge >= 0.3 is 6.18 Å². The Morgan fingerprint density at radius 3 is 1.83 bits per heavy atom. The van der Waals surface area contributed by atoms with Crippen molar-refractivity contribution >= 4 is 0 Å². The quantitative estimate of drug-likeness (QED) is 0.412. The van der Waals surface area contributed by atoms with Crippen molar-refractivity contribution in [3.8, 4) is 11.1 Å². The maximum atomic E-state index is 13.3. The van der Waals surface area contributed by atoms with Gasteiger partial charge in [-0.1, -0.05) is 68.3 Å². The number of alkyl halides is 4. The summed E-state index contributed by atoms with van der Waals surface area (Å²) >= 11 is 0. The number of aryl methyl sites for hydroxylation is 1. The van der Waals surface area contributed by atoms with Gasteiger partial charge in [0.2, 0.25) is 6.17 Å². The van der Waals surface area contributed by atoms with Crippen LogP contribution in [0, 0.1) is 0 Å². The molecule has 23 heavy (non-hydrogen) atoms. The van der Waals surface area contributed by atoms with Crippen LogP contribution in [0.2, 0.25) is 0 Å². The molecule has 4 heteroatoms. The molecule has 0 aliphatic carbocycles. The first-order chi connectivity index (χ1) is 10.9. The Balaban J connectivity index is 2.07. The molecule has 0 N–H and O–H groups in total. The Morgan fingerprint density at radius 2 is 1.35 bits per heavy atom. The van der Waals surface area contributed by atoms with Gasteiger partial charge in [-0.3, -0.25) is 0 Å². The molecule has 0 fully saturated rings. The SMILES string of the molecule is CCCCCc1ccc(-c2ccc(C(F)C(F)(F)F)cc2)cc1. The minimum Gasteiger partial charge on any atom is -0.232 e. The molecular formula is C19H20F4. The third-order valence-electron chi connectivity index (χ3n) is 3.85. The zero-order valence-corrected chi connectivity index (χ0v) is 13.0. The minimum absolute atomic E-state index is 0.363. The fourth-order valence-corrected chi connectivity index (χ4v) is 2.48. The van der Waals surface area contributed by atoms with Gasteiger partial charge in [0.1, 0.15) is 0 Å². The highest BCUT2D eigenvalue weighted by atomic mass is 19.4. The smallest absolute Gasteiger partial charge is 0.232 e. The van der Waals surface area contributed by atoms with E-state index < -0.39 is 12.3 Å². The van der Waals surface area contributed by atoms with Crippen molar-refractivity contribution in [2.24, 2.45) is 0 Å². The van der Waals surface area contributed by atoms with Gasteiger partial charge in [-0.25, -0.2) is 4.39 Å². The van der Waals surface area contributed by atoms with Gasteiger partial charge in [0.25, 0.3) is 0 Å². The van der Waals surface area contributed by atoms with Crippen molar-refractivity contribution in [2.45, 2.75) is 45.0 Å². The summed E-state index contributed by atoms with van der Waals surface area (Å²) in [5.74, 6) is 0. The molecule has 1 atom stereocenters. The summed E-state index contributed by atoms with van der Waals surface area (Å²) in [5.41, 5.74) is 2.58. The molecular weight excluding hydrogens is 304 g/mol. The highest BCUT2D eigenvalue weighted by molar-refractivity contribution is 5.64. The predicted octanol–water partition coefficient (Wildman–Crippen LogP) is 6.66. The van der Waals surface area contributed by atoms with E-state index in [9.17, 15) is 17.6 Å². The Labute approximate surface area is 134 Å². The summed E-state index contributed by atoms with van der Waals surface area (Å²) in [7, 11) is 0. The monoisotopic (exact) mass is 324 g/mol. The zero-order valence-electron chi connectivity index (χ0n) is 13.0. The van der Waals surface area contributed by atoms with Crippen LogP contribution in [0.1, 0.15) is 43.5 Å². The van der Waals surface area contributed by atoms with Gasteiger partial charge in [-0.2, -0.15) is 13.2 Å². The Hall–Kier alpha value is -1.84. The van der Waals surface area contributed by atoms with Crippen LogP contribution in [0.5, 0.6) is 0 Å².